The molecule has 3 heterocycles. The highest BCUT2D eigenvalue weighted by molar-refractivity contribution is 7.09. The number of nitrogens with zero attached hydrogens (tertiary/aromatic N) is 2. The topological polar surface area (TPSA) is 63.0 Å². The summed E-state index contributed by atoms with van der Waals surface area (Å²) in [5, 5.41) is 9.78. The minimum Gasteiger partial charge on any atom is -0.467 e. The second-order valence-electron chi connectivity index (χ2n) is 5.60. The van der Waals surface area contributed by atoms with Crippen LogP contribution in [0.25, 0.3) is 10.9 Å². The third-order valence-corrected chi connectivity index (χ3v) is 4.78. The summed E-state index contributed by atoms with van der Waals surface area (Å²) in [4.78, 5) is 10.6. The normalized spacial score (nSPS) is 10.9. The van der Waals surface area contributed by atoms with E-state index in [1.54, 1.807) is 17.6 Å². The molecule has 2 N–H and O–H groups in total. The van der Waals surface area contributed by atoms with Gasteiger partial charge in [0, 0.05) is 16.8 Å². The number of para-hydroxylation sites is 1. The third-order valence-electron chi connectivity index (χ3n) is 3.85. The zero-order valence-electron chi connectivity index (χ0n) is 13.6. The lowest BCUT2D eigenvalue weighted by atomic mass is 10.2. The number of aromatic nitrogens is 2. The van der Waals surface area contributed by atoms with E-state index in [0.717, 1.165) is 35.4 Å². The predicted molar refractivity (Wildman–Crippen MR) is 102 cm³/mol. The molecule has 3 aromatic heterocycles. The molecule has 0 amide bonds. The standard InChI is InChI=1S/C19H18N4OS/c1-2-8-17-16(7-1)18(21-13-14-5-3-11-24-14)23-19(22-17)20-10-9-15-6-4-12-25-15/h1-8,11-12H,9-10,13H2,(H2,20,21,22,23). The summed E-state index contributed by atoms with van der Waals surface area (Å²) in [5.41, 5.74) is 0.915. The van der Waals surface area contributed by atoms with Crippen LogP contribution in [0.3, 0.4) is 0 Å². The van der Waals surface area contributed by atoms with Crippen molar-refractivity contribution in [2.75, 3.05) is 17.2 Å². The number of furan rings is 1. The fourth-order valence-electron chi connectivity index (χ4n) is 2.63. The summed E-state index contributed by atoms with van der Waals surface area (Å²) in [6.07, 6.45) is 2.63. The zero-order chi connectivity index (χ0) is 16.9. The average molecular weight is 350 g/mol. The van der Waals surface area contributed by atoms with E-state index in [1.807, 2.05) is 36.4 Å². The maximum Gasteiger partial charge on any atom is 0.225 e. The van der Waals surface area contributed by atoms with Gasteiger partial charge in [0.05, 0.1) is 18.3 Å². The van der Waals surface area contributed by atoms with Crippen molar-refractivity contribution in [3.05, 3.63) is 70.8 Å². The summed E-state index contributed by atoms with van der Waals surface area (Å²) in [7, 11) is 0. The monoisotopic (exact) mass is 350 g/mol. The summed E-state index contributed by atoms with van der Waals surface area (Å²) < 4.78 is 5.38. The molecule has 0 fully saturated rings. The summed E-state index contributed by atoms with van der Waals surface area (Å²) in [6.45, 7) is 1.39. The van der Waals surface area contributed by atoms with Crippen LogP contribution in [0.15, 0.2) is 64.6 Å². The van der Waals surface area contributed by atoms with E-state index in [4.69, 9.17) is 4.42 Å². The summed E-state index contributed by atoms with van der Waals surface area (Å²) in [5.74, 6) is 2.31. The van der Waals surface area contributed by atoms with Gasteiger partial charge in [-0.15, -0.1) is 11.3 Å². The zero-order valence-corrected chi connectivity index (χ0v) is 14.4. The number of rotatable bonds is 7. The Morgan fingerprint density at radius 1 is 0.960 bits per heavy atom. The lowest BCUT2D eigenvalue weighted by Gasteiger charge is -2.11. The van der Waals surface area contributed by atoms with Gasteiger partial charge in [-0.1, -0.05) is 18.2 Å². The first kappa shape index (κ1) is 15.7. The Labute approximate surface area is 149 Å². The Kier molecular flexibility index (Phi) is 4.61. The van der Waals surface area contributed by atoms with Crippen LogP contribution < -0.4 is 10.6 Å². The van der Waals surface area contributed by atoms with Crippen LogP contribution in [0.5, 0.6) is 0 Å². The molecule has 4 rings (SSSR count). The van der Waals surface area contributed by atoms with E-state index < -0.39 is 0 Å². The van der Waals surface area contributed by atoms with Crippen LogP contribution in [0.4, 0.5) is 11.8 Å². The molecule has 0 saturated carbocycles. The molecule has 0 bridgehead atoms. The minimum absolute atomic E-state index is 0.586. The van der Waals surface area contributed by atoms with Gasteiger partial charge in [-0.2, -0.15) is 4.98 Å². The second kappa shape index (κ2) is 7.36. The highest BCUT2D eigenvalue weighted by atomic mass is 32.1. The number of anilines is 2. The quantitative estimate of drug-likeness (QED) is 0.512. The Morgan fingerprint density at radius 2 is 1.92 bits per heavy atom. The van der Waals surface area contributed by atoms with Gasteiger partial charge in [0.1, 0.15) is 11.6 Å². The Hall–Kier alpha value is -2.86. The summed E-state index contributed by atoms with van der Waals surface area (Å²) in [6, 6.07) is 16.0. The lowest BCUT2D eigenvalue weighted by molar-refractivity contribution is 0.518. The van der Waals surface area contributed by atoms with Gasteiger partial charge < -0.3 is 15.1 Å². The van der Waals surface area contributed by atoms with E-state index in [2.05, 4.69) is 38.1 Å². The fraction of sp³-hybridized carbons (Fsp3) is 0.158. The molecule has 6 heteroatoms. The molecule has 0 aliphatic heterocycles. The van der Waals surface area contributed by atoms with Crippen molar-refractivity contribution in [2.45, 2.75) is 13.0 Å². The fourth-order valence-corrected chi connectivity index (χ4v) is 3.34. The Balaban J connectivity index is 1.52. The maximum absolute atomic E-state index is 5.38. The maximum atomic E-state index is 5.38. The Bertz CT molecular complexity index is 935. The van der Waals surface area contributed by atoms with Gasteiger partial charge in [-0.3, -0.25) is 0 Å². The van der Waals surface area contributed by atoms with E-state index in [-0.39, 0.29) is 0 Å². The van der Waals surface area contributed by atoms with E-state index in [9.17, 15) is 0 Å². The molecule has 126 valence electrons. The van der Waals surface area contributed by atoms with Crippen molar-refractivity contribution in [1.82, 2.24) is 9.97 Å². The van der Waals surface area contributed by atoms with Crippen molar-refractivity contribution >= 4 is 34.0 Å². The van der Waals surface area contributed by atoms with Crippen molar-refractivity contribution < 1.29 is 4.42 Å². The number of thiophene rings is 1. The molecule has 0 radical (unpaired) electrons. The first-order valence-electron chi connectivity index (χ1n) is 8.18. The second-order valence-corrected chi connectivity index (χ2v) is 6.63. The molecule has 5 nitrogen and oxygen atoms in total. The van der Waals surface area contributed by atoms with Crippen LogP contribution >= 0.6 is 11.3 Å². The lowest BCUT2D eigenvalue weighted by Crippen LogP contribution is -2.10. The molecule has 0 aliphatic rings. The molecule has 25 heavy (non-hydrogen) atoms. The van der Waals surface area contributed by atoms with E-state index in [0.29, 0.717) is 12.5 Å². The molecule has 0 saturated heterocycles. The molecule has 0 aliphatic carbocycles. The number of hydrogen-bond acceptors (Lipinski definition) is 6. The van der Waals surface area contributed by atoms with Crippen LogP contribution in [-0.2, 0) is 13.0 Å². The highest BCUT2D eigenvalue weighted by Crippen LogP contribution is 2.22. The minimum atomic E-state index is 0.586. The van der Waals surface area contributed by atoms with E-state index >= 15 is 0 Å². The van der Waals surface area contributed by atoms with Gasteiger partial charge in [-0.05, 0) is 42.1 Å². The van der Waals surface area contributed by atoms with E-state index in [1.165, 1.54) is 4.88 Å². The smallest absolute Gasteiger partial charge is 0.225 e. The summed E-state index contributed by atoms with van der Waals surface area (Å²) >= 11 is 1.77. The van der Waals surface area contributed by atoms with Gasteiger partial charge >= 0.3 is 0 Å². The third kappa shape index (κ3) is 3.80. The molecule has 0 atom stereocenters. The molecule has 0 unspecified atom stereocenters. The first-order valence-corrected chi connectivity index (χ1v) is 9.06. The Morgan fingerprint density at radius 3 is 2.76 bits per heavy atom. The molecule has 1 aromatic carbocycles. The van der Waals surface area contributed by atoms with Crippen LogP contribution in [0.2, 0.25) is 0 Å². The molecule has 4 aromatic rings. The van der Waals surface area contributed by atoms with Gasteiger partial charge in [0.25, 0.3) is 0 Å². The number of hydrogen-bond donors (Lipinski definition) is 2. The highest BCUT2D eigenvalue weighted by Gasteiger charge is 2.08. The predicted octanol–water partition coefficient (Wildman–Crippen LogP) is 4.55. The van der Waals surface area contributed by atoms with Crippen molar-refractivity contribution in [1.29, 1.82) is 0 Å². The number of nitrogens with one attached hydrogen (secondary N) is 2. The molecular formula is C19H18N4OS. The van der Waals surface area contributed by atoms with Crippen LogP contribution in [0.1, 0.15) is 10.6 Å². The number of fused-ring (bicyclic) bond motifs is 1. The van der Waals surface area contributed by atoms with Crippen molar-refractivity contribution in [2.24, 2.45) is 0 Å². The van der Waals surface area contributed by atoms with Crippen LogP contribution in [-0.4, -0.2) is 16.5 Å². The molecular weight excluding hydrogens is 332 g/mol. The van der Waals surface area contributed by atoms with Gasteiger partial charge in [0.2, 0.25) is 5.95 Å². The SMILES string of the molecule is c1coc(CNc2nc(NCCc3cccs3)nc3ccccc23)c1. The average Bonchev–Trinajstić information content (AvgIpc) is 3.33. The largest absolute Gasteiger partial charge is 0.467 e. The van der Waals surface area contributed by atoms with Crippen molar-refractivity contribution in [3.63, 3.8) is 0 Å². The van der Waals surface area contributed by atoms with Crippen molar-refractivity contribution in [3.8, 4) is 0 Å². The molecule has 0 spiro atoms. The van der Waals surface area contributed by atoms with Crippen LogP contribution in [0, 0.1) is 0 Å². The number of benzene rings is 1. The first-order chi connectivity index (χ1) is 12.4. The van der Waals surface area contributed by atoms with Gasteiger partial charge in [-0.25, -0.2) is 4.98 Å². The van der Waals surface area contributed by atoms with Gasteiger partial charge in [0.15, 0.2) is 0 Å².